The van der Waals surface area contributed by atoms with Gasteiger partial charge in [-0.15, -0.1) is 21.5 Å². The predicted octanol–water partition coefficient (Wildman–Crippen LogP) is 1.49. The molecule has 0 fully saturated rings. The molecule has 0 atom stereocenters. The van der Waals surface area contributed by atoms with Crippen molar-refractivity contribution < 1.29 is 4.74 Å². The summed E-state index contributed by atoms with van der Waals surface area (Å²) >= 11 is 1.60. The number of nitrogens with zero attached hydrogens (tertiary/aromatic N) is 4. The van der Waals surface area contributed by atoms with Gasteiger partial charge in [-0.05, 0) is 19.4 Å². The van der Waals surface area contributed by atoms with E-state index in [0.29, 0.717) is 12.4 Å². The molecule has 0 amide bonds. The summed E-state index contributed by atoms with van der Waals surface area (Å²) in [4.78, 5) is 14.7. The van der Waals surface area contributed by atoms with Crippen molar-refractivity contribution in [3.63, 3.8) is 0 Å². The van der Waals surface area contributed by atoms with Crippen LogP contribution in [-0.2, 0) is 24.8 Å². The van der Waals surface area contributed by atoms with Gasteiger partial charge in [0.05, 0.1) is 17.6 Å². The van der Waals surface area contributed by atoms with Crippen LogP contribution >= 0.6 is 11.3 Å². The van der Waals surface area contributed by atoms with Crippen LogP contribution in [0.2, 0.25) is 0 Å². The molecule has 0 saturated heterocycles. The van der Waals surface area contributed by atoms with Gasteiger partial charge in [0.1, 0.15) is 11.2 Å². The summed E-state index contributed by atoms with van der Waals surface area (Å²) in [6.45, 7) is 4.68. The zero-order valence-electron chi connectivity index (χ0n) is 11.5. The maximum Gasteiger partial charge on any atom is 0.263 e. The first-order valence-electron chi connectivity index (χ1n) is 6.45. The Morgan fingerprint density at radius 3 is 3.05 bits per heavy atom. The summed E-state index contributed by atoms with van der Waals surface area (Å²) in [5.41, 5.74) is 0.891. The summed E-state index contributed by atoms with van der Waals surface area (Å²) in [5.74, 6) is 0.571. The van der Waals surface area contributed by atoms with Gasteiger partial charge in [-0.25, -0.2) is 0 Å². The van der Waals surface area contributed by atoms with Crippen molar-refractivity contribution in [2.75, 3.05) is 0 Å². The first kappa shape index (κ1) is 12.0. The lowest BCUT2D eigenvalue weighted by Crippen LogP contribution is -2.32. The molecule has 0 aliphatic carbocycles. The van der Waals surface area contributed by atoms with Crippen molar-refractivity contribution in [2.45, 2.75) is 32.5 Å². The van der Waals surface area contributed by atoms with Gasteiger partial charge in [0.2, 0.25) is 5.78 Å². The SMILES string of the molecule is Cn1c(=O)c2c3c(sc2n2cnnc12)COC(C)(C)C3. The summed E-state index contributed by atoms with van der Waals surface area (Å²) in [5, 5.41) is 8.72. The summed E-state index contributed by atoms with van der Waals surface area (Å²) in [6.07, 6.45) is 2.41. The molecule has 0 saturated carbocycles. The molecular formula is C13H14N4O2S. The van der Waals surface area contributed by atoms with Crippen LogP contribution in [0.3, 0.4) is 0 Å². The highest BCUT2D eigenvalue weighted by atomic mass is 32.1. The molecule has 3 aromatic rings. The van der Waals surface area contributed by atoms with Crippen LogP contribution < -0.4 is 5.56 Å². The van der Waals surface area contributed by atoms with Crippen LogP contribution in [0.4, 0.5) is 0 Å². The van der Waals surface area contributed by atoms with Crippen molar-refractivity contribution in [1.29, 1.82) is 0 Å². The lowest BCUT2D eigenvalue weighted by Gasteiger charge is -2.29. The lowest BCUT2D eigenvalue weighted by atomic mass is 9.94. The van der Waals surface area contributed by atoms with E-state index in [0.717, 1.165) is 27.1 Å². The van der Waals surface area contributed by atoms with Crippen LogP contribution in [0.1, 0.15) is 24.3 Å². The topological polar surface area (TPSA) is 61.4 Å². The van der Waals surface area contributed by atoms with Gasteiger partial charge in [0, 0.05) is 18.3 Å². The molecule has 6 nitrogen and oxygen atoms in total. The van der Waals surface area contributed by atoms with Gasteiger partial charge in [0.15, 0.2) is 0 Å². The molecule has 1 aliphatic rings. The Hall–Kier alpha value is -1.73. The first-order valence-corrected chi connectivity index (χ1v) is 7.26. The first-order chi connectivity index (χ1) is 9.48. The second kappa shape index (κ2) is 3.67. The van der Waals surface area contributed by atoms with Crippen LogP contribution in [-0.4, -0.2) is 24.8 Å². The summed E-state index contributed by atoms with van der Waals surface area (Å²) in [6, 6.07) is 0. The van der Waals surface area contributed by atoms with E-state index < -0.39 is 0 Å². The zero-order chi connectivity index (χ0) is 14.1. The maximum atomic E-state index is 12.6. The third-order valence-corrected chi connectivity index (χ3v) is 5.04. The number of aryl methyl sites for hydroxylation is 1. The van der Waals surface area contributed by atoms with E-state index in [-0.39, 0.29) is 11.2 Å². The third kappa shape index (κ3) is 1.44. The van der Waals surface area contributed by atoms with Crippen molar-refractivity contribution in [3.8, 4) is 0 Å². The number of rotatable bonds is 0. The predicted molar refractivity (Wildman–Crippen MR) is 76.2 cm³/mol. The minimum absolute atomic E-state index is 0.00398. The van der Waals surface area contributed by atoms with E-state index in [1.165, 1.54) is 0 Å². The molecule has 0 aromatic carbocycles. The molecular weight excluding hydrogens is 276 g/mol. The second-order valence-electron chi connectivity index (χ2n) is 5.77. The summed E-state index contributed by atoms with van der Waals surface area (Å²) in [7, 11) is 1.74. The van der Waals surface area contributed by atoms with Gasteiger partial charge >= 0.3 is 0 Å². The number of thiophene rings is 1. The van der Waals surface area contributed by atoms with Crippen molar-refractivity contribution in [1.82, 2.24) is 19.2 Å². The molecule has 104 valence electrons. The number of fused-ring (bicyclic) bond motifs is 5. The second-order valence-corrected chi connectivity index (χ2v) is 6.86. The molecule has 4 heterocycles. The van der Waals surface area contributed by atoms with Crippen molar-refractivity contribution in [2.24, 2.45) is 7.05 Å². The van der Waals surface area contributed by atoms with E-state index in [1.807, 2.05) is 4.40 Å². The normalized spacial score (nSPS) is 17.8. The highest BCUT2D eigenvalue weighted by molar-refractivity contribution is 7.18. The average Bonchev–Trinajstić information content (AvgIpc) is 2.98. The molecule has 3 aromatic heterocycles. The molecule has 20 heavy (non-hydrogen) atoms. The van der Waals surface area contributed by atoms with Gasteiger partial charge in [0.25, 0.3) is 5.56 Å². The number of hydrogen-bond acceptors (Lipinski definition) is 5. The Bertz CT molecular complexity index is 903. The molecule has 0 spiro atoms. The van der Waals surface area contributed by atoms with Crippen LogP contribution in [0.15, 0.2) is 11.1 Å². The fraction of sp³-hybridized carbons (Fsp3) is 0.462. The summed E-state index contributed by atoms with van der Waals surface area (Å²) < 4.78 is 9.29. The molecule has 0 N–H and O–H groups in total. The fourth-order valence-electron chi connectivity index (χ4n) is 2.79. The van der Waals surface area contributed by atoms with Gasteiger partial charge in [-0.3, -0.25) is 13.8 Å². The Morgan fingerprint density at radius 1 is 1.45 bits per heavy atom. The van der Waals surface area contributed by atoms with E-state index in [9.17, 15) is 4.79 Å². The Kier molecular flexibility index (Phi) is 2.21. The minimum Gasteiger partial charge on any atom is -0.370 e. The van der Waals surface area contributed by atoms with Gasteiger partial charge in [-0.1, -0.05) is 0 Å². The van der Waals surface area contributed by atoms with Crippen molar-refractivity contribution >= 4 is 27.3 Å². The fourth-order valence-corrected chi connectivity index (χ4v) is 3.98. The Labute approximate surface area is 118 Å². The van der Waals surface area contributed by atoms with Crippen LogP contribution in [0, 0.1) is 0 Å². The lowest BCUT2D eigenvalue weighted by molar-refractivity contribution is -0.0379. The van der Waals surface area contributed by atoms with E-state index in [1.54, 1.807) is 29.3 Å². The minimum atomic E-state index is -0.228. The Morgan fingerprint density at radius 2 is 2.25 bits per heavy atom. The zero-order valence-corrected chi connectivity index (χ0v) is 12.3. The van der Waals surface area contributed by atoms with Crippen LogP contribution in [0.5, 0.6) is 0 Å². The third-order valence-electron chi connectivity index (χ3n) is 3.84. The standard InChI is InChI=1S/C13H14N4O2S/c1-13(2)4-7-8(5-19-13)20-11-9(7)10(18)16(3)12-15-14-6-17(11)12/h6H,4-5H2,1-3H3. The van der Waals surface area contributed by atoms with E-state index >= 15 is 0 Å². The van der Waals surface area contributed by atoms with Crippen molar-refractivity contribution in [3.05, 3.63) is 27.1 Å². The highest BCUT2D eigenvalue weighted by Gasteiger charge is 2.31. The quantitative estimate of drug-likeness (QED) is 0.629. The van der Waals surface area contributed by atoms with Crippen LogP contribution in [0.25, 0.3) is 16.0 Å². The molecule has 4 rings (SSSR count). The molecule has 7 heteroatoms. The number of aromatic nitrogens is 4. The molecule has 0 unspecified atom stereocenters. The smallest absolute Gasteiger partial charge is 0.263 e. The molecule has 0 bridgehead atoms. The van der Waals surface area contributed by atoms with Gasteiger partial charge in [-0.2, -0.15) is 0 Å². The monoisotopic (exact) mass is 290 g/mol. The maximum absolute atomic E-state index is 12.6. The Balaban J connectivity index is 2.19. The molecule has 0 radical (unpaired) electrons. The molecule has 1 aliphatic heterocycles. The van der Waals surface area contributed by atoms with E-state index in [2.05, 4.69) is 24.0 Å². The average molecular weight is 290 g/mol. The number of ether oxygens (including phenoxy) is 1. The van der Waals surface area contributed by atoms with Gasteiger partial charge < -0.3 is 4.74 Å². The number of hydrogen-bond donors (Lipinski definition) is 0. The largest absolute Gasteiger partial charge is 0.370 e. The highest BCUT2D eigenvalue weighted by Crippen LogP contribution is 2.37. The van der Waals surface area contributed by atoms with E-state index in [4.69, 9.17) is 4.74 Å².